The molecule has 1 unspecified atom stereocenters. The highest BCUT2D eigenvalue weighted by atomic mass is 35.5. The van der Waals surface area contributed by atoms with Crippen molar-refractivity contribution in [3.8, 4) is 0 Å². The normalized spacial score (nSPS) is 16.4. The van der Waals surface area contributed by atoms with Crippen LogP contribution in [0.3, 0.4) is 0 Å². The van der Waals surface area contributed by atoms with Gasteiger partial charge in [0.25, 0.3) is 0 Å². The van der Waals surface area contributed by atoms with Gasteiger partial charge in [-0.25, -0.2) is 8.42 Å². The van der Waals surface area contributed by atoms with E-state index in [-0.39, 0.29) is 5.91 Å². The number of thioether (sulfide) groups is 1. The van der Waals surface area contributed by atoms with Gasteiger partial charge in [-0.1, -0.05) is 31.4 Å². The Morgan fingerprint density at radius 3 is 2.46 bits per heavy atom. The van der Waals surface area contributed by atoms with Crippen LogP contribution in [0.5, 0.6) is 0 Å². The second kappa shape index (κ2) is 9.85. The van der Waals surface area contributed by atoms with Gasteiger partial charge in [0.1, 0.15) is 6.04 Å². The summed E-state index contributed by atoms with van der Waals surface area (Å²) in [4.78, 5) is 12.6. The molecular formula is C18H27ClN2O3S2. The predicted molar refractivity (Wildman–Crippen MR) is 111 cm³/mol. The lowest BCUT2D eigenvalue weighted by atomic mass is 10.2. The molecule has 0 spiro atoms. The maximum Gasteiger partial charge on any atom is 0.243 e. The van der Waals surface area contributed by atoms with Crippen molar-refractivity contribution in [3.63, 3.8) is 0 Å². The molecule has 26 heavy (non-hydrogen) atoms. The Hall–Kier alpha value is -0.920. The summed E-state index contributed by atoms with van der Waals surface area (Å²) in [7, 11) is -3.61. The predicted octanol–water partition coefficient (Wildman–Crippen LogP) is 3.68. The third-order valence-corrected chi connectivity index (χ3v) is 7.28. The first-order chi connectivity index (χ1) is 12.3. The molecule has 1 fully saturated rings. The Kier molecular flexibility index (Phi) is 8.10. The number of benzene rings is 1. The van der Waals surface area contributed by atoms with Crippen molar-refractivity contribution in [2.45, 2.75) is 50.3 Å². The third-order valence-electron chi connectivity index (χ3n) is 4.47. The smallest absolute Gasteiger partial charge is 0.243 e. The van der Waals surface area contributed by atoms with E-state index in [0.717, 1.165) is 12.0 Å². The van der Waals surface area contributed by atoms with Crippen LogP contribution in [0.1, 0.15) is 39.0 Å². The standard InChI is InChI=1S/C18H27ClN2O3S2/c1-3-17(18(22)20-12-13-25-16-6-4-5-7-16)21(26(2,23)24)15-10-8-14(19)9-11-15/h8-11,16-17H,3-7,12-13H2,1-2H3,(H,20,22). The number of hydrogen-bond acceptors (Lipinski definition) is 4. The van der Waals surface area contributed by atoms with Crippen molar-refractivity contribution in [1.29, 1.82) is 0 Å². The minimum absolute atomic E-state index is 0.264. The van der Waals surface area contributed by atoms with Crippen molar-refractivity contribution < 1.29 is 13.2 Å². The first kappa shape index (κ1) is 21.4. The fourth-order valence-electron chi connectivity index (χ4n) is 3.22. The van der Waals surface area contributed by atoms with Gasteiger partial charge in [0.05, 0.1) is 11.9 Å². The summed E-state index contributed by atoms with van der Waals surface area (Å²) in [6.45, 7) is 2.36. The van der Waals surface area contributed by atoms with Gasteiger partial charge >= 0.3 is 0 Å². The van der Waals surface area contributed by atoms with Crippen LogP contribution in [0.2, 0.25) is 5.02 Å². The van der Waals surface area contributed by atoms with Crippen LogP contribution < -0.4 is 9.62 Å². The van der Waals surface area contributed by atoms with E-state index in [4.69, 9.17) is 11.6 Å². The van der Waals surface area contributed by atoms with E-state index in [1.54, 1.807) is 24.3 Å². The van der Waals surface area contributed by atoms with Crippen LogP contribution in [0, 0.1) is 0 Å². The average Bonchev–Trinajstić information content (AvgIpc) is 3.10. The van der Waals surface area contributed by atoms with Crippen molar-refractivity contribution >= 4 is 45.0 Å². The largest absolute Gasteiger partial charge is 0.353 e. The lowest BCUT2D eigenvalue weighted by Crippen LogP contribution is -2.49. The highest BCUT2D eigenvalue weighted by molar-refractivity contribution is 7.99. The Morgan fingerprint density at radius 1 is 1.31 bits per heavy atom. The quantitative estimate of drug-likeness (QED) is 0.621. The summed E-state index contributed by atoms with van der Waals surface area (Å²) < 4.78 is 25.9. The fourth-order valence-corrected chi connectivity index (χ4v) is 5.78. The zero-order valence-electron chi connectivity index (χ0n) is 15.3. The van der Waals surface area contributed by atoms with Crippen molar-refractivity contribution in [2.75, 3.05) is 22.9 Å². The minimum atomic E-state index is -3.61. The van der Waals surface area contributed by atoms with E-state index >= 15 is 0 Å². The number of hydrogen-bond donors (Lipinski definition) is 1. The molecule has 1 atom stereocenters. The molecule has 0 bridgehead atoms. The molecule has 0 heterocycles. The zero-order valence-corrected chi connectivity index (χ0v) is 17.7. The first-order valence-corrected chi connectivity index (χ1v) is 12.2. The van der Waals surface area contributed by atoms with E-state index in [9.17, 15) is 13.2 Å². The lowest BCUT2D eigenvalue weighted by Gasteiger charge is -2.30. The van der Waals surface area contributed by atoms with E-state index < -0.39 is 16.1 Å². The van der Waals surface area contributed by atoms with Crippen LogP contribution in [-0.2, 0) is 14.8 Å². The fraction of sp³-hybridized carbons (Fsp3) is 0.611. The number of carbonyl (C=O) groups is 1. The van der Waals surface area contributed by atoms with E-state index in [1.165, 1.54) is 30.0 Å². The highest BCUT2D eigenvalue weighted by Gasteiger charge is 2.31. The molecule has 1 N–H and O–H groups in total. The summed E-state index contributed by atoms with van der Waals surface area (Å²) in [5.41, 5.74) is 0.444. The molecule has 1 amide bonds. The number of carbonyl (C=O) groups excluding carboxylic acids is 1. The number of rotatable bonds is 9. The monoisotopic (exact) mass is 418 g/mol. The van der Waals surface area contributed by atoms with Gasteiger partial charge in [-0.15, -0.1) is 0 Å². The topological polar surface area (TPSA) is 66.5 Å². The molecule has 2 rings (SSSR count). The maximum absolute atomic E-state index is 12.6. The first-order valence-electron chi connectivity index (χ1n) is 8.97. The van der Waals surface area contributed by atoms with E-state index in [0.29, 0.717) is 28.9 Å². The summed E-state index contributed by atoms with van der Waals surface area (Å²) in [6, 6.07) is 5.71. The van der Waals surface area contributed by atoms with Gasteiger partial charge < -0.3 is 5.32 Å². The van der Waals surface area contributed by atoms with Gasteiger partial charge in [-0.05, 0) is 43.5 Å². The Labute approximate surface area is 165 Å². The van der Waals surface area contributed by atoms with Crippen LogP contribution in [0.25, 0.3) is 0 Å². The summed E-state index contributed by atoms with van der Waals surface area (Å²) in [5.74, 6) is 0.590. The summed E-state index contributed by atoms with van der Waals surface area (Å²) in [5, 5.41) is 4.12. The van der Waals surface area contributed by atoms with Crippen LogP contribution in [0.15, 0.2) is 24.3 Å². The molecule has 1 aromatic rings. The number of nitrogens with one attached hydrogen (secondary N) is 1. The number of amides is 1. The zero-order chi connectivity index (χ0) is 19.2. The van der Waals surface area contributed by atoms with Gasteiger partial charge in [0.15, 0.2) is 0 Å². The molecule has 146 valence electrons. The van der Waals surface area contributed by atoms with Crippen LogP contribution in [-0.4, -0.2) is 44.2 Å². The molecule has 0 radical (unpaired) electrons. The van der Waals surface area contributed by atoms with Crippen LogP contribution >= 0.6 is 23.4 Å². The number of halogens is 1. The second-order valence-corrected chi connectivity index (χ2v) is 10.2. The van der Waals surface area contributed by atoms with Gasteiger partial charge in [0.2, 0.25) is 15.9 Å². The number of anilines is 1. The minimum Gasteiger partial charge on any atom is -0.353 e. The molecule has 8 heteroatoms. The Morgan fingerprint density at radius 2 is 1.92 bits per heavy atom. The third kappa shape index (κ3) is 6.06. The molecular weight excluding hydrogens is 392 g/mol. The molecule has 1 saturated carbocycles. The highest BCUT2D eigenvalue weighted by Crippen LogP contribution is 2.29. The molecule has 0 saturated heterocycles. The molecule has 5 nitrogen and oxygen atoms in total. The SMILES string of the molecule is CCC(C(=O)NCCSC1CCCC1)N(c1ccc(Cl)cc1)S(C)(=O)=O. The van der Waals surface area contributed by atoms with Crippen molar-refractivity contribution in [2.24, 2.45) is 0 Å². The van der Waals surface area contributed by atoms with Gasteiger partial charge in [-0.3, -0.25) is 9.10 Å². The molecule has 1 aliphatic rings. The molecule has 1 aliphatic carbocycles. The van der Waals surface area contributed by atoms with Gasteiger partial charge in [0, 0.05) is 22.6 Å². The molecule has 0 aromatic heterocycles. The van der Waals surface area contributed by atoms with Crippen LogP contribution in [0.4, 0.5) is 5.69 Å². The van der Waals surface area contributed by atoms with E-state index in [1.807, 2.05) is 18.7 Å². The van der Waals surface area contributed by atoms with Crippen molar-refractivity contribution in [3.05, 3.63) is 29.3 Å². The van der Waals surface area contributed by atoms with E-state index in [2.05, 4.69) is 5.32 Å². The Balaban J connectivity index is 2.01. The van der Waals surface area contributed by atoms with Crippen molar-refractivity contribution in [1.82, 2.24) is 5.32 Å². The molecule has 1 aromatic carbocycles. The number of nitrogens with zero attached hydrogens (tertiary/aromatic N) is 1. The summed E-state index contributed by atoms with van der Waals surface area (Å²) in [6.07, 6.45) is 6.62. The second-order valence-electron chi connectivity index (χ2n) is 6.53. The Bertz CT molecular complexity index is 689. The molecule has 0 aliphatic heterocycles. The van der Waals surface area contributed by atoms with Gasteiger partial charge in [-0.2, -0.15) is 11.8 Å². The lowest BCUT2D eigenvalue weighted by molar-refractivity contribution is -0.122. The number of sulfonamides is 1. The summed E-state index contributed by atoms with van der Waals surface area (Å²) >= 11 is 7.79. The maximum atomic E-state index is 12.6. The average molecular weight is 419 g/mol.